The highest BCUT2D eigenvalue weighted by molar-refractivity contribution is 7.15. The molecule has 0 saturated heterocycles. The quantitative estimate of drug-likeness (QED) is 0.362. The van der Waals surface area contributed by atoms with E-state index in [0.29, 0.717) is 28.3 Å². The molecule has 1 aromatic heterocycles. The lowest BCUT2D eigenvalue weighted by atomic mass is 10.1. The van der Waals surface area contributed by atoms with Crippen LogP contribution in [0.1, 0.15) is 25.6 Å². The van der Waals surface area contributed by atoms with Crippen molar-refractivity contribution in [1.29, 1.82) is 0 Å². The van der Waals surface area contributed by atoms with Crippen LogP contribution in [0.4, 0.5) is 5.69 Å². The molecule has 0 spiro atoms. The second-order valence-electron chi connectivity index (χ2n) is 7.24. The van der Waals surface area contributed by atoms with Gasteiger partial charge < -0.3 is 20.5 Å². The molecule has 2 amide bonds. The van der Waals surface area contributed by atoms with E-state index in [4.69, 9.17) is 16.3 Å². The summed E-state index contributed by atoms with van der Waals surface area (Å²) in [5.41, 5.74) is 2.02. The number of aromatic nitrogens is 1. The van der Waals surface area contributed by atoms with Crippen LogP contribution in [-0.2, 0) is 6.54 Å². The minimum absolute atomic E-state index is 0.00989. The number of halogens is 1. The molecule has 0 bridgehead atoms. The summed E-state index contributed by atoms with van der Waals surface area (Å²) in [6.07, 6.45) is 1.68. The normalized spacial score (nSPS) is 12.1. The van der Waals surface area contributed by atoms with Gasteiger partial charge in [0, 0.05) is 22.2 Å². The van der Waals surface area contributed by atoms with Gasteiger partial charge in [-0.25, -0.2) is 4.98 Å². The Bertz CT molecular complexity index is 1400. The van der Waals surface area contributed by atoms with Crippen LogP contribution in [0.15, 0.2) is 66.9 Å². The zero-order valence-electron chi connectivity index (χ0n) is 17.0. The van der Waals surface area contributed by atoms with E-state index in [-0.39, 0.29) is 29.1 Å². The van der Waals surface area contributed by atoms with Crippen molar-refractivity contribution >= 4 is 40.4 Å². The Labute approximate surface area is 197 Å². The van der Waals surface area contributed by atoms with Gasteiger partial charge in [-0.05, 0) is 48.5 Å². The van der Waals surface area contributed by atoms with Crippen LogP contribution < -0.4 is 15.4 Å². The van der Waals surface area contributed by atoms with E-state index < -0.39 is 0 Å². The maximum absolute atomic E-state index is 12.7. The first kappa shape index (κ1) is 21.0. The lowest BCUT2D eigenvalue weighted by Crippen LogP contribution is -2.22. The third-order valence-electron chi connectivity index (χ3n) is 5.01. The number of hydrogen-bond donors (Lipinski definition) is 3. The van der Waals surface area contributed by atoms with Crippen LogP contribution in [0.5, 0.6) is 17.2 Å². The van der Waals surface area contributed by atoms with Crippen LogP contribution in [0.2, 0.25) is 5.02 Å². The highest BCUT2D eigenvalue weighted by Crippen LogP contribution is 2.36. The molecule has 3 aromatic carbocycles. The number of phenolic OH excluding ortho intramolecular Hbond substituents is 1. The number of ether oxygens (including phenoxy) is 1. The maximum atomic E-state index is 12.7. The van der Waals surface area contributed by atoms with Crippen LogP contribution in [0.3, 0.4) is 0 Å². The van der Waals surface area contributed by atoms with Crippen LogP contribution in [-0.4, -0.2) is 21.9 Å². The monoisotopic (exact) mass is 477 g/mol. The lowest BCUT2D eigenvalue weighted by Gasteiger charge is -2.10. The summed E-state index contributed by atoms with van der Waals surface area (Å²) >= 11 is 7.39. The zero-order chi connectivity index (χ0) is 22.9. The minimum Gasteiger partial charge on any atom is -0.506 e. The van der Waals surface area contributed by atoms with Crippen LogP contribution in [0.25, 0.3) is 10.6 Å². The third-order valence-corrected chi connectivity index (χ3v) is 6.36. The Morgan fingerprint density at radius 2 is 1.97 bits per heavy atom. The van der Waals surface area contributed by atoms with Crippen molar-refractivity contribution in [3.05, 3.63) is 87.9 Å². The predicted octanol–water partition coefficient (Wildman–Crippen LogP) is 5.46. The lowest BCUT2D eigenvalue weighted by molar-refractivity contribution is 0.0950. The predicted molar refractivity (Wildman–Crippen MR) is 126 cm³/mol. The highest BCUT2D eigenvalue weighted by atomic mass is 35.5. The Morgan fingerprint density at radius 1 is 1.12 bits per heavy atom. The number of para-hydroxylation sites is 1. The number of nitrogens with zero attached hydrogens (tertiary/aromatic N) is 1. The number of carbonyl (C=O) groups is 2. The number of rotatable bonds is 4. The van der Waals surface area contributed by atoms with Crippen molar-refractivity contribution in [2.45, 2.75) is 6.54 Å². The Morgan fingerprint density at radius 3 is 2.82 bits per heavy atom. The molecule has 4 aromatic rings. The summed E-state index contributed by atoms with van der Waals surface area (Å²) in [6.45, 7) is 0.285. The second-order valence-corrected chi connectivity index (χ2v) is 8.77. The van der Waals surface area contributed by atoms with Gasteiger partial charge in [-0.15, -0.1) is 11.3 Å². The van der Waals surface area contributed by atoms with E-state index in [9.17, 15) is 14.7 Å². The van der Waals surface area contributed by atoms with Gasteiger partial charge in [-0.3, -0.25) is 9.59 Å². The zero-order valence-corrected chi connectivity index (χ0v) is 18.5. The van der Waals surface area contributed by atoms with Crippen molar-refractivity contribution < 1.29 is 19.4 Å². The van der Waals surface area contributed by atoms with E-state index in [2.05, 4.69) is 15.6 Å². The number of anilines is 1. The number of hydrogen-bond acceptors (Lipinski definition) is 6. The molecular weight excluding hydrogens is 462 g/mol. The number of phenols is 1. The molecule has 164 valence electrons. The number of fused-ring (bicyclic) bond motifs is 2. The average molecular weight is 478 g/mol. The molecule has 0 fully saturated rings. The number of thiazole rings is 1. The summed E-state index contributed by atoms with van der Waals surface area (Å²) in [5, 5.41) is 16.2. The van der Waals surface area contributed by atoms with Gasteiger partial charge in [0.05, 0.1) is 22.8 Å². The summed E-state index contributed by atoms with van der Waals surface area (Å²) in [6, 6.07) is 16.7. The standard InChI is InChI=1S/C24H16ClN3O4S/c25-17-9-14(5-7-19(17)29)24-27-12-15(33-24)11-26-22(30)13-6-8-21-18(10-13)28-23(31)16-3-1-2-4-20(16)32-21/h1-10,12,29H,11H2,(H,26,30)(H,28,31). The van der Waals surface area contributed by atoms with E-state index in [1.54, 1.807) is 60.8 Å². The fourth-order valence-corrected chi connectivity index (χ4v) is 4.37. The SMILES string of the molecule is O=C(NCc1cnc(-c2ccc(O)c(Cl)c2)s1)c1ccc2c(c1)NC(=O)c1ccccc1O2. The average Bonchev–Trinajstić information content (AvgIpc) is 3.24. The first-order chi connectivity index (χ1) is 16.0. The van der Waals surface area contributed by atoms with E-state index in [1.165, 1.54) is 17.4 Å². The second kappa shape index (κ2) is 8.57. The van der Waals surface area contributed by atoms with Gasteiger partial charge in [0.15, 0.2) is 5.75 Å². The van der Waals surface area contributed by atoms with Gasteiger partial charge in [0.25, 0.3) is 11.8 Å². The number of benzene rings is 3. The maximum Gasteiger partial charge on any atom is 0.259 e. The summed E-state index contributed by atoms with van der Waals surface area (Å²) in [7, 11) is 0. The number of aromatic hydroxyl groups is 1. The Hall–Kier alpha value is -3.88. The van der Waals surface area contributed by atoms with Gasteiger partial charge >= 0.3 is 0 Å². The molecule has 1 aliphatic rings. The molecule has 5 rings (SSSR count). The van der Waals surface area contributed by atoms with Crippen LogP contribution >= 0.6 is 22.9 Å². The first-order valence-corrected chi connectivity index (χ1v) is 11.1. The molecule has 0 unspecified atom stereocenters. The Balaban J connectivity index is 1.29. The van der Waals surface area contributed by atoms with Crippen LogP contribution in [0, 0.1) is 0 Å². The van der Waals surface area contributed by atoms with Gasteiger partial charge in [-0.1, -0.05) is 23.7 Å². The molecule has 2 heterocycles. The fourth-order valence-electron chi connectivity index (χ4n) is 3.34. The van der Waals surface area contributed by atoms with Gasteiger partial charge in [-0.2, -0.15) is 0 Å². The van der Waals surface area contributed by atoms with Gasteiger partial charge in [0.1, 0.15) is 16.5 Å². The highest BCUT2D eigenvalue weighted by Gasteiger charge is 2.21. The van der Waals surface area contributed by atoms with E-state index >= 15 is 0 Å². The molecule has 0 saturated carbocycles. The van der Waals surface area contributed by atoms with E-state index in [0.717, 1.165) is 15.4 Å². The number of amides is 2. The number of carbonyl (C=O) groups excluding carboxylic acids is 2. The minimum atomic E-state index is -0.298. The van der Waals surface area contributed by atoms with E-state index in [1.807, 2.05) is 0 Å². The van der Waals surface area contributed by atoms with Crippen molar-refractivity contribution in [2.75, 3.05) is 5.32 Å². The molecular formula is C24H16ClN3O4S. The summed E-state index contributed by atoms with van der Waals surface area (Å²) < 4.78 is 5.85. The summed E-state index contributed by atoms with van der Waals surface area (Å²) in [4.78, 5) is 30.4. The smallest absolute Gasteiger partial charge is 0.259 e. The van der Waals surface area contributed by atoms with Crippen molar-refractivity contribution in [2.24, 2.45) is 0 Å². The molecule has 0 aliphatic carbocycles. The molecule has 7 nitrogen and oxygen atoms in total. The van der Waals surface area contributed by atoms with Gasteiger partial charge in [0.2, 0.25) is 0 Å². The van der Waals surface area contributed by atoms with Crippen molar-refractivity contribution in [3.8, 4) is 27.8 Å². The molecule has 0 radical (unpaired) electrons. The van der Waals surface area contributed by atoms with Crippen molar-refractivity contribution in [3.63, 3.8) is 0 Å². The molecule has 9 heteroatoms. The Kier molecular flexibility index (Phi) is 5.45. The third kappa shape index (κ3) is 4.26. The largest absolute Gasteiger partial charge is 0.506 e. The molecule has 1 aliphatic heterocycles. The topological polar surface area (TPSA) is 101 Å². The fraction of sp³-hybridized carbons (Fsp3) is 0.0417. The molecule has 0 atom stereocenters. The van der Waals surface area contributed by atoms with Crippen molar-refractivity contribution in [1.82, 2.24) is 10.3 Å². The molecule has 3 N–H and O–H groups in total. The summed E-state index contributed by atoms with van der Waals surface area (Å²) in [5.74, 6) is 0.340. The first-order valence-electron chi connectivity index (χ1n) is 9.92. The molecule has 33 heavy (non-hydrogen) atoms. The number of nitrogens with one attached hydrogen (secondary N) is 2.